The van der Waals surface area contributed by atoms with Crippen molar-refractivity contribution in [3.8, 4) is 0 Å². The second kappa shape index (κ2) is 4.31. The summed E-state index contributed by atoms with van der Waals surface area (Å²) in [6, 6.07) is 5.63. The van der Waals surface area contributed by atoms with Crippen LogP contribution >= 0.6 is 0 Å². The Morgan fingerprint density at radius 2 is 2.00 bits per heavy atom. The molecule has 0 fully saturated rings. The van der Waals surface area contributed by atoms with Crippen molar-refractivity contribution in [1.82, 2.24) is 4.57 Å². The van der Waals surface area contributed by atoms with Crippen LogP contribution in [-0.2, 0) is 19.6 Å². The summed E-state index contributed by atoms with van der Waals surface area (Å²) in [6.07, 6.45) is -4.60. The van der Waals surface area contributed by atoms with E-state index in [-0.39, 0.29) is 5.39 Å². The third-order valence-corrected chi connectivity index (χ3v) is 3.00. The van der Waals surface area contributed by atoms with Gasteiger partial charge < -0.3 is 9.67 Å². The van der Waals surface area contributed by atoms with Crippen LogP contribution in [0.25, 0.3) is 10.9 Å². The molecule has 1 N–H and O–H groups in total. The fourth-order valence-electron chi connectivity index (χ4n) is 2.16. The first-order valence-corrected chi connectivity index (χ1v) is 5.63. The highest BCUT2D eigenvalue weighted by atomic mass is 19.4. The van der Waals surface area contributed by atoms with Crippen LogP contribution in [-0.4, -0.2) is 15.8 Å². The number of rotatable bonds is 2. The zero-order valence-electron chi connectivity index (χ0n) is 10.1. The van der Waals surface area contributed by atoms with E-state index in [4.69, 9.17) is 0 Å². The fourth-order valence-corrected chi connectivity index (χ4v) is 2.16. The van der Waals surface area contributed by atoms with E-state index in [9.17, 15) is 18.3 Å². The van der Waals surface area contributed by atoms with E-state index in [1.54, 1.807) is 24.6 Å². The van der Waals surface area contributed by atoms with E-state index in [0.717, 1.165) is 6.07 Å². The molecular formula is C13H14F3NO. The molecule has 1 heterocycles. The maximum absolute atomic E-state index is 12.9. The van der Waals surface area contributed by atoms with Crippen LogP contribution in [0.4, 0.5) is 13.2 Å². The van der Waals surface area contributed by atoms with Crippen LogP contribution in [0.2, 0.25) is 0 Å². The van der Waals surface area contributed by atoms with Crippen molar-refractivity contribution in [3.05, 3.63) is 35.5 Å². The lowest BCUT2D eigenvalue weighted by Gasteiger charge is -2.08. The molecule has 0 aliphatic rings. The summed E-state index contributed by atoms with van der Waals surface area (Å²) in [5.74, 6) is 0. The Kier molecular flexibility index (Phi) is 3.11. The zero-order chi connectivity index (χ0) is 13.5. The predicted molar refractivity (Wildman–Crippen MR) is 63.3 cm³/mol. The second-order valence-corrected chi connectivity index (χ2v) is 4.48. The molecule has 0 aliphatic carbocycles. The molecule has 1 unspecified atom stereocenters. The Hall–Kier alpha value is -1.49. The number of aryl methyl sites for hydroxylation is 1. The number of hydrogen-bond acceptors (Lipinski definition) is 1. The van der Waals surface area contributed by atoms with E-state index >= 15 is 0 Å². The van der Waals surface area contributed by atoms with Crippen LogP contribution in [0, 0.1) is 0 Å². The number of aliphatic hydroxyl groups excluding tert-OH is 1. The van der Waals surface area contributed by atoms with Gasteiger partial charge in [0.25, 0.3) is 0 Å². The Balaban J connectivity index is 2.64. The molecule has 0 saturated heterocycles. The molecule has 0 amide bonds. The van der Waals surface area contributed by atoms with Crippen molar-refractivity contribution in [2.75, 3.05) is 0 Å². The summed E-state index contributed by atoms with van der Waals surface area (Å²) in [6.45, 7) is 1.61. The molecule has 1 atom stereocenters. The standard InChI is InChI=1S/C13H14F3NO/c1-8(18)6-9-7-10-11(13(14,15)16)4-3-5-12(10)17(9)2/h3-5,7-8,18H,6H2,1-2H3. The fraction of sp³-hybridized carbons (Fsp3) is 0.385. The van der Waals surface area contributed by atoms with Gasteiger partial charge in [-0.1, -0.05) is 6.07 Å². The van der Waals surface area contributed by atoms with Crippen LogP contribution in [0.15, 0.2) is 24.3 Å². The highest BCUT2D eigenvalue weighted by molar-refractivity contribution is 5.85. The average Bonchev–Trinajstić information content (AvgIpc) is 2.54. The Morgan fingerprint density at radius 3 is 2.56 bits per heavy atom. The molecule has 0 radical (unpaired) electrons. The maximum Gasteiger partial charge on any atom is 0.417 e. The lowest BCUT2D eigenvalue weighted by molar-refractivity contribution is -0.136. The van der Waals surface area contributed by atoms with Gasteiger partial charge in [-0.05, 0) is 25.1 Å². The molecular weight excluding hydrogens is 243 g/mol. The maximum atomic E-state index is 12.9. The van der Waals surface area contributed by atoms with Gasteiger partial charge in [-0.15, -0.1) is 0 Å². The number of fused-ring (bicyclic) bond motifs is 1. The minimum atomic E-state index is -4.36. The lowest BCUT2D eigenvalue weighted by atomic mass is 10.1. The molecule has 0 saturated carbocycles. The number of aliphatic hydroxyl groups is 1. The first-order chi connectivity index (χ1) is 8.30. The third-order valence-electron chi connectivity index (χ3n) is 3.00. The van der Waals surface area contributed by atoms with E-state index < -0.39 is 17.8 Å². The van der Waals surface area contributed by atoms with Gasteiger partial charge in [-0.2, -0.15) is 13.2 Å². The normalized spacial score (nSPS) is 14.1. The summed E-state index contributed by atoms with van der Waals surface area (Å²) in [5, 5.41) is 9.53. The van der Waals surface area contributed by atoms with Gasteiger partial charge in [0.15, 0.2) is 0 Å². The van der Waals surface area contributed by atoms with Gasteiger partial charge in [-0.25, -0.2) is 0 Å². The highest BCUT2D eigenvalue weighted by Gasteiger charge is 2.33. The molecule has 1 aromatic heterocycles. The van der Waals surface area contributed by atoms with Crippen molar-refractivity contribution in [2.24, 2.45) is 7.05 Å². The SMILES string of the molecule is CC(O)Cc1cc2c(C(F)(F)F)cccc2n1C. The number of nitrogens with zero attached hydrogens (tertiary/aromatic N) is 1. The quantitative estimate of drug-likeness (QED) is 0.878. The molecule has 98 valence electrons. The molecule has 2 rings (SSSR count). The molecule has 2 nitrogen and oxygen atoms in total. The van der Waals surface area contributed by atoms with Gasteiger partial charge in [0, 0.05) is 30.1 Å². The first kappa shape index (κ1) is 13.0. The van der Waals surface area contributed by atoms with Crippen molar-refractivity contribution in [1.29, 1.82) is 0 Å². The number of benzene rings is 1. The van der Waals surface area contributed by atoms with Crippen molar-refractivity contribution in [3.63, 3.8) is 0 Å². The Labute approximate surface area is 103 Å². The Morgan fingerprint density at radius 1 is 1.33 bits per heavy atom. The molecule has 2 aromatic rings. The monoisotopic (exact) mass is 257 g/mol. The van der Waals surface area contributed by atoms with Crippen molar-refractivity contribution in [2.45, 2.75) is 25.6 Å². The molecule has 1 aromatic carbocycles. The van der Waals surface area contributed by atoms with Gasteiger partial charge in [0.05, 0.1) is 11.7 Å². The first-order valence-electron chi connectivity index (χ1n) is 5.63. The van der Waals surface area contributed by atoms with Gasteiger partial charge >= 0.3 is 6.18 Å². The summed E-state index contributed by atoms with van der Waals surface area (Å²) >= 11 is 0. The predicted octanol–water partition coefficient (Wildman–Crippen LogP) is 3.12. The zero-order valence-corrected chi connectivity index (χ0v) is 10.1. The molecule has 0 aliphatic heterocycles. The number of halogens is 3. The number of aromatic nitrogens is 1. The third kappa shape index (κ3) is 2.22. The molecule has 0 bridgehead atoms. The van der Waals surface area contributed by atoms with Gasteiger partial charge in [0.1, 0.15) is 0 Å². The van der Waals surface area contributed by atoms with Crippen LogP contribution in [0.1, 0.15) is 18.2 Å². The minimum Gasteiger partial charge on any atom is -0.393 e. The molecule has 0 spiro atoms. The summed E-state index contributed by atoms with van der Waals surface area (Å²) in [5.41, 5.74) is 0.588. The average molecular weight is 257 g/mol. The van der Waals surface area contributed by atoms with E-state index in [1.165, 1.54) is 12.1 Å². The topological polar surface area (TPSA) is 25.2 Å². The van der Waals surface area contributed by atoms with Crippen LogP contribution in [0.3, 0.4) is 0 Å². The van der Waals surface area contributed by atoms with Gasteiger partial charge in [0.2, 0.25) is 0 Å². The van der Waals surface area contributed by atoms with E-state index in [0.29, 0.717) is 17.6 Å². The smallest absolute Gasteiger partial charge is 0.393 e. The summed E-state index contributed by atoms with van der Waals surface area (Å²) in [4.78, 5) is 0. The van der Waals surface area contributed by atoms with E-state index in [2.05, 4.69) is 0 Å². The summed E-state index contributed by atoms with van der Waals surface area (Å²) in [7, 11) is 1.71. The Bertz CT molecular complexity index is 569. The van der Waals surface area contributed by atoms with Crippen molar-refractivity contribution >= 4 is 10.9 Å². The van der Waals surface area contributed by atoms with E-state index in [1.807, 2.05) is 0 Å². The van der Waals surface area contributed by atoms with Gasteiger partial charge in [-0.3, -0.25) is 0 Å². The summed E-state index contributed by atoms with van der Waals surface area (Å²) < 4.78 is 40.3. The molecule has 18 heavy (non-hydrogen) atoms. The molecule has 5 heteroatoms. The van der Waals surface area contributed by atoms with Crippen LogP contribution in [0.5, 0.6) is 0 Å². The number of hydrogen-bond donors (Lipinski definition) is 1. The van der Waals surface area contributed by atoms with Crippen molar-refractivity contribution < 1.29 is 18.3 Å². The number of alkyl halides is 3. The lowest BCUT2D eigenvalue weighted by Crippen LogP contribution is -2.07. The second-order valence-electron chi connectivity index (χ2n) is 4.48. The largest absolute Gasteiger partial charge is 0.417 e. The minimum absolute atomic E-state index is 0.183. The highest BCUT2D eigenvalue weighted by Crippen LogP contribution is 2.35. The van der Waals surface area contributed by atoms with Crippen LogP contribution < -0.4 is 0 Å².